The smallest absolute Gasteiger partial charge is 0.400 e. The summed E-state index contributed by atoms with van der Waals surface area (Å²) in [5.41, 5.74) is -0.613. The monoisotopic (exact) mass is 251 g/mol. The first-order valence-corrected chi connectivity index (χ1v) is 6.62. The van der Waals surface area contributed by atoms with E-state index in [9.17, 15) is 4.79 Å². The Bertz CT molecular complexity index is 345. The zero-order valence-corrected chi connectivity index (χ0v) is 11.7. The van der Waals surface area contributed by atoms with E-state index in [4.69, 9.17) is 9.31 Å². The van der Waals surface area contributed by atoms with Gasteiger partial charge in [0.1, 0.15) is 0 Å². The van der Waals surface area contributed by atoms with Gasteiger partial charge in [0.05, 0.1) is 11.2 Å². The molecule has 1 N–H and O–H groups in total. The van der Waals surface area contributed by atoms with Crippen LogP contribution in [-0.2, 0) is 14.1 Å². The lowest BCUT2D eigenvalue weighted by Gasteiger charge is -2.32. The van der Waals surface area contributed by atoms with Gasteiger partial charge in [0, 0.05) is 12.5 Å². The van der Waals surface area contributed by atoms with Crippen molar-refractivity contribution in [3.05, 3.63) is 12.1 Å². The fraction of sp³-hybridized carbons (Fsp3) is 0.769. The molecule has 1 aliphatic carbocycles. The number of hydrogen-bond donors (Lipinski definition) is 1. The van der Waals surface area contributed by atoms with Crippen molar-refractivity contribution in [2.45, 2.75) is 51.7 Å². The van der Waals surface area contributed by atoms with Crippen molar-refractivity contribution >= 4 is 13.0 Å². The number of rotatable bonds is 4. The van der Waals surface area contributed by atoms with E-state index in [1.165, 1.54) is 0 Å². The molecule has 4 nitrogen and oxygen atoms in total. The number of hydrogen-bond acceptors (Lipinski definition) is 3. The summed E-state index contributed by atoms with van der Waals surface area (Å²) in [5, 5.41) is 2.87. The van der Waals surface area contributed by atoms with E-state index in [2.05, 4.69) is 5.32 Å². The molecule has 0 bridgehead atoms. The molecule has 5 heteroatoms. The van der Waals surface area contributed by atoms with Crippen LogP contribution >= 0.6 is 0 Å². The number of carbonyl (C=O) groups is 1. The molecule has 0 aromatic heterocycles. The zero-order valence-electron chi connectivity index (χ0n) is 11.7. The molecular formula is C13H22BNO3. The van der Waals surface area contributed by atoms with Gasteiger partial charge in [0.25, 0.3) is 0 Å². The van der Waals surface area contributed by atoms with E-state index in [-0.39, 0.29) is 30.1 Å². The molecule has 0 spiro atoms. The summed E-state index contributed by atoms with van der Waals surface area (Å²) in [6, 6.07) is 0. The SMILES string of the molecule is CC1(C)OB(/C=C/CNC(=O)C2CC2)OC1(C)C. The standard InChI is InChI=1S/C13H22BNO3/c1-12(2)13(3,4)18-14(17-12)8-5-9-15-11(16)10-6-7-10/h5,8,10H,6-7,9H2,1-4H3,(H,15,16)/b8-5+. The third-order valence-electron chi connectivity index (χ3n) is 3.91. The number of carbonyl (C=O) groups excluding carboxylic acids is 1. The molecule has 0 aromatic rings. The van der Waals surface area contributed by atoms with Crippen LogP contribution in [0.5, 0.6) is 0 Å². The van der Waals surface area contributed by atoms with Gasteiger partial charge in [-0.1, -0.05) is 12.1 Å². The van der Waals surface area contributed by atoms with Crippen molar-refractivity contribution in [3.63, 3.8) is 0 Å². The van der Waals surface area contributed by atoms with Crippen LogP contribution in [0.3, 0.4) is 0 Å². The highest BCUT2D eigenvalue weighted by Crippen LogP contribution is 2.36. The fourth-order valence-corrected chi connectivity index (χ4v) is 1.80. The van der Waals surface area contributed by atoms with Crippen LogP contribution in [0, 0.1) is 5.92 Å². The van der Waals surface area contributed by atoms with Crippen molar-refractivity contribution in [3.8, 4) is 0 Å². The predicted molar refractivity (Wildman–Crippen MR) is 71.0 cm³/mol. The normalized spacial score (nSPS) is 25.7. The Morgan fingerprint density at radius 2 is 1.83 bits per heavy atom. The average Bonchev–Trinajstić information content (AvgIpc) is 3.02. The maximum atomic E-state index is 11.4. The van der Waals surface area contributed by atoms with Crippen LogP contribution < -0.4 is 5.32 Å². The van der Waals surface area contributed by atoms with Gasteiger partial charge in [0.2, 0.25) is 5.91 Å². The first-order chi connectivity index (χ1) is 8.32. The molecular weight excluding hydrogens is 229 g/mol. The topological polar surface area (TPSA) is 47.6 Å². The highest BCUT2D eigenvalue weighted by molar-refractivity contribution is 6.51. The Balaban J connectivity index is 1.75. The van der Waals surface area contributed by atoms with E-state index in [1.807, 2.05) is 39.7 Å². The highest BCUT2D eigenvalue weighted by atomic mass is 16.7. The molecule has 1 aliphatic heterocycles. The first kappa shape index (κ1) is 13.6. The maximum absolute atomic E-state index is 11.4. The third-order valence-corrected chi connectivity index (χ3v) is 3.91. The van der Waals surface area contributed by atoms with Gasteiger partial charge < -0.3 is 14.6 Å². The summed E-state index contributed by atoms with van der Waals surface area (Å²) in [6.45, 7) is 8.64. The second-order valence-corrected chi connectivity index (χ2v) is 6.07. The summed E-state index contributed by atoms with van der Waals surface area (Å²) in [6.07, 6.45) is 3.96. The molecule has 1 heterocycles. The van der Waals surface area contributed by atoms with Crippen molar-refractivity contribution < 1.29 is 14.1 Å². The number of amides is 1. The lowest BCUT2D eigenvalue weighted by Crippen LogP contribution is -2.41. The lowest BCUT2D eigenvalue weighted by molar-refractivity contribution is -0.122. The first-order valence-electron chi connectivity index (χ1n) is 6.62. The Labute approximate surface area is 109 Å². The van der Waals surface area contributed by atoms with Crippen LogP contribution in [0.15, 0.2) is 12.1 Å². The van der Waals surface area contributed by atoms with Gasteiger partial charge in [-0.2, -0.15) is 0 Å². The second-order valence-electron chi connectivity index (χ2n) is 6.07. The van der Waals surface area contributed by atoms with Gasteiger partial charge in [-0.25, -0.2) is 0 Å². The van der Waals surface area contributed by atoms with Gasteiger partial charge in [-0.15, -0.1) is 0 Å². The Kier molecular flexibility index (Phi) is 3.56. The van der Waals surface area contributed by atoms with Crippen molar-refractivity contribution in [2.24, 2.45) is 5.92 Å². The molecule has 2 aliphatic rings. The average molecular weight is 251 g/mol. The van der Waals surface area contributed by atoms with Gasteiger partial charge in [0.15, 0.2) is 0 Å². The van der Waals surface area contributed by atoms with Crippen molar-refractivity contribution in [2.75, 3.05) is 6.54 Å². The lowest BCUT2D eigenvalue weighted by atomic mass is 9.90. The maximum Gasteiger partial charge on any atom is 0.486 e. The Morgan fingerprint density at radius 1 is 1.28 bits per heavy atom. The minimum Gasteiger partial charge on any atom is -0.400 e. The summed E-state index contributed by atoms with van der Waals surface area (Å²) < 4.78 is 11.6. The molecule has 100 valence electrons. The molecule has 1 saturated heterocycles. The highest BCUT2D eigenvalue weighted by Gasteiger charge is 2.49. The van der Waals surface area contributed by atoms with E-state index in [0.29, 0.717) is 6.54 Å². The molecule has 18 heavy (non-hydrogen) atoms. The van der Waals surface area contributed by atoms with Crippen molar-refractivity contribution in [1.29, 1.82) is 0 Å². The largest absolute Gasteiger partial charge is 0.486 e. The van der Waals surface area contributed by atoms with Crippen LogP contribution in [0.25, 0.3) is 0 Å². The molecule has 0 radical (unpaired) electrons. The van der Waals surface area contributed by atoms with Gasteiger partial charge in [-0.05, 0) is 40.5 Å². The summed E-state index contributed by atoms with van der Waals surface area (Å²) in [5.74, 6) is 2.28. The van der Waals surface area contributed by atoms with Crippen LogP contribution in [0.1, 0.15) is 40.5 Å². The van der Waals surface area contributed by atoms with E-state index in [1.54, 1.807) is 0 Å². The molecule has 1 saturated carbocycles. The van der Waals surface area contributed by atoms with Gasteiger partial charge in [-0.3, -0.25) is 4.79 Å². The van der Waals surface area contributed by atoms with Gasteiger partial charge >= 0.3 is 7.12 Å². The molecule has 0 aromatic carbocycles. The minimum atomic E-state index is -0.326. The van der Waals surface area contributed by atoms with E-state index in [0.717, 1.165) is 12.8 Å². The Hall–Kier alpha value is -0.805. The number of nitrogens with one attached hydrogen (secondary N) is 1. The molecule has 2 rings (SSSR count). The minimum absolute atomic E-state index is 0.161. The molecule has 0 atom stereocenters. The zero-order chi connectivity index (χ0) is 13.4. The second kappa shape index (κ2) is 4.70. The molecule has 0 unspecified atom stereocenters. The fourth-order valence-electron chi connectivity index (χ4n) is 1.80. The summed E-state index contributed by atoms with van der Waals surface area (Å²) in [4.78, 5) is 11.4. The van der Waals surface area contributed by atoms with E-state index < -0.39 is 0 Å². The summed E-state index contributed by atoms with van der Waals surface area (Å²) in [7, 11) is -0.326. The third kappa shape index (κ3) is 2.95. The predicted octanol–water partition coefficient (Wildman–Crippen LogP) is 1.70. The molecule has 1 amide bonds. The summed E-state index contributed by atoms with van der Waals surface area (Å²) >= 11 is 0. The quantitative estimate of drug-likeness (QED) is 0.773. The van der Waals surface area contributed by atoms with Crippen molar-refractivity contribution in [1.82, 2.24) is 5.32 Å². The van der Waals surface area contributed by atoms with E-state index >= 15 is 0 Å². The van der Waals surface area contributed by atoms with Crippen LogP contribution in [0.4, 0.5) is 0 Å². The van der Waals surface area contributed by atoms with Crippen LogP contribution in [0.2, 0.25) is 0 Å². The Morgan fingerprint density at radius 3 is 2.33 bits per heavy atom. The van der Waals surface area contributed by atoms with Crippen LogP contribution in [-0.4, -0.2) is 30.8 Å². The molecule has 2 fully saturated rings.